The molecule has 19 heavy (non-hydrogen) atoms. The third kappa shape index (κ3) is 3.22. The van der Waals surface area contributed by atoms with Crippen molar-refractivity contribution in [2.24, 2.45) is 0 Å². The van der Waals surface area contributed by atoms with Crippen LogP contribution in [-0.2, 0) is 0 Å². The van der Waals surface area contributed by atoms with Crippen molar-refractivity contribution >= 4 is 22.4 Å². The molecule has 2 rings (SSSR count). The van der Waals surface area contributed by atoms with Gasteiger partial charge in [0.25, 0.3) is 5.91 Å². The van der Waals surface area contributed by atoms with Gasteiger partial charge in [-0.25, -0.2) is 4.98 Å². The highest BCUT2D eigenvalue weighted by atomic mass is 32.1. The molecule has 0 aliphatic carbocycles. The first-order valence-corrected chi connectivity index (χ1v) is 6.35. The van der Waals surface area contributed by atoms with Crippen LogP contribution in [0.4, 0.5) is 5.13 Å². The van der Waals surface area contributed by atoms with Crippen molar-refractivity contribution in [2.45, 2.75) is 13.8 Å². The number of hydrogen-bond donors (Lipinski definition) is 2. The topological polar surface area (TPSA) is 75.4 Å². The highest BCUT2D eigenvalue weighted by Gasteiger charge is 2.14. The molecule has 2 heterocycles. The van der Waals surface area contributed by atoms with Gasteiger partial charge in [0.15, 0.2) is 5.13 Å². The molecule has 0 unspecified atom stereocenters. The van der Waals surface area contributed by atoms with Gasteiger partial charge in [0, 0.05) is 0 Å². The molecule has 1 amide bonds. The quantitative estimate of drug-likeness (QED) is 0.822. The summed E-state index contributed by atoms with van der Waals surface area (Å²) in [5.74, 6) is 6.26. The number of aliphatic hydroxyl groups excluding tert-OH is 1. The van der Waals surface area contributed by atoms with E-state index in [0.29, 0.717) is 27.1 Å². The van der Waals surface area contributed by atoms with Gasteiger partial charge in [-0.15, -0.1) is 0 Å². The second-order valence-electron chi connectivity index (χ2n) is 3.77. The molecule has 0 aliphatic heterocycles. The van der Waals surface area contributed by atoms with Crippen LogP contribution in [0.1, 0.15) is 26.8 Å². The summed E-state index contributed by atoms with van der Waals surface area (Å²) in [4.78, 5) is 16.7. The number of aliphatic hydroxyl groups is 1. The van der Waals surface area contributed by atoms with Crippen LogP contribution in [0.5, 0.6) is 0 Å². The lowest BCUT2D eigenvalue weighted by Crippen LogP contribution is -2.11. The Kier molecular flexibility index (Phi) is 4.00. The van der Waals surface area contributed by atoms with E-state index in [1.807, 2.05) is 0 Å². The van der Waals surface area contributed by atoms with Gasteiger partial charge in [-0.3, -0.25) is 10.1 Å². The molecule has 0 saturated carbocycles. The van der Waals surface area contributed by atoms with E-state index in [1.54, 1.807) is 26.1 Å². The highest BCUT2D eigenvalue weighted by molar-refractivity contribution is 7.16. The Morgan fingerprint density at radius 2 is 2.37 bits per heavy atom. The van der Waals surface area contributed by atoms with Gasteiger partial charge in [-0.2, -0.15) is 0 Å². The zero-order valence-corrected chi connectivity index (χ0v) is 11.3. The maximum absolute atomic E-state index is 12.0. The van der Waals surface area contributed by atoms with Gasteiger partial charge in [-0.05, 0) is 19.9 Å². The van der Waals surface area contributed by atoms with Crippen molar-refractivity contribution in [1.29, 1.82) is 0 Å². The van der Waals surface area contributed by atoms with Gasteiger partial charge < -0.3 is 9.52 Å². The van der Waals surface area contributed by atoms with E-state index in [-0.39, 0.29) is 12.5 Å². The van der Waals surface area contributed by atoms with Crippen LogP contribution in [0.15, 0.2) is 16.7 Å². The predicted octanol–water partition coefficient (Wildman–Crippen LogP) is 1.95. The molecule has 0 bridgehead atoms. The van der Waals surface area contributed by atoms with Crippen molar-refractivity contribution in [3.8, 4) is 11.8 Å². The zero-order chi connectivity index (χ0) is 13.8. The van der Waals surface area contributed by atoms with E-state index in [2.05, 4.69) is 22.1 Å². The van der Waals surface area contributed by atoms with Crippen molar-refractivity contribution in [1.82, 2.24) is 4.98 Å². The molecular weight excluding hydrogens is 264 g/mol. The van der Waals surface area contributed by atoms with Gasteiger partial charge in [0.05, 0.1) is 16.6 Å². The number of thiazole rings is 1. The lowest BCUT2D eigenvalue weighted by atomic mass is 10.2. The van der Waals surface area contributed by atoms with E-state index in [0.717, 1.165) is 0 Å². The molecule has 98 valence electrons. The Bertz CT molecular complexity index is 661. The standard InChI is InChI=1S/C13H12N2O3S/c1-8-6-11(9(2)18-8)12(17)15-13-14-7-10(19-13)4-3-5-16/h6-7,16H,5H2,1-2H3,(H,14,15,17). The summed E-state index contributed by atoms with van der Waals surface area (Å²) in [5, 5.41) is 11.7. The van der Waals surface area contributed by atoms with E-state index in [9.17, 15) is 4.79 Å². The average molecular weight is 276 g/mol. The first-order valence-electron chi connectivity index (χ1n) is 5.54. The molecule has 0 aliphatic rings. The third-order valence-corrected chi connectivity index (χ3v) is 3.13. The van der Waals surface area contributed by atoms with Gasteiger partial charge in [0.2, 0.25) is 0 Å². The lowest BCUT2D eigenvalue weighted by molar-refractivity contribution is 0.102. The van der Waals surface area contributed by atoms with Crippen molar-refractivity contribution in [3.05, 3.63) is 34.2 Å². The molecule has 5 nitrogen and oxygen atoms in total. The minimum absolute atomic E-state index is 0.201. The Labute approximate surface area is 114 Å². The molecule has 0 fully saturated rings. The smallest absolute Gasteiger partial charge is 0.260 e. The van der Waals surface area contributed by atoms with E-state index < -0.39 is 0 Å². The first kappa shape index (κ1) is 13.3. The summed E-state index contributed by atoms with van der Waals surface area (Å²) in [5.41, 5.74) is 0.496. The third-order valence-electron chi connectivity index (χ3n) is 2.30. The molecule has 0 atom stereocenters. The summed E-state index contributed by atoms with van der Waals surface area (Å²) >= 11 is 1.25. The molecule has 0 aromatic carbocycles. The van der Waals surface area contributed by atoms with Crippen LogP contribution in [0, 0.1) is 25.7 Å². The first-order chi connectivity index (χ1) is 9.10. The number of aromatic nitrogens is 1. The van der Waals surface area contributed by atoms with Crippen LogP contribution in [-0.4, -0.2) is 22.6 Å². The summed E-state index contributed by atoms with van der Waals surface area (Å²) in [6, 6.07) is 1.69. The minimum Gasteiger partial charge on any atom is -0.466 e. The van der Waals surface area contributed by atoms with Crippen molar-refractivity contribution in [2.75, 3.05) is 11.9 Å². The Hall–Kier alpha value is -2.10. The molecular formula is C13H12N2O3S. The highest BCUT2D eigenvalue weighted by Crippen LogP contribution is 2.20. The van der Waals surface area contributed by atoms with Crippen LogP contribution >= 0.6 is 11.3 Å². The molecule has 2 aromatic heterocycles. The lowest BCUT2D eigenvalue weighted by Gasteiger charge is -1.98. The van der Waals surface area contributed by atoms with Crippen LogP contribution in [0.2, 0.25) is 0 Å². The second-order valence-corrected chi connectivity index (χ2v) is 4.80. The molecule has 2 N–H and O–H groups in total. The Balaban J connectivity index is 2.11. The van der Waals surface area contributed by atoms with Crippen LogP contribution < -0.4 is 5.32 Å². The SMILES string of the molecule is Cc1cc(C(=O)Nc2ncc(C#CCO)s2)c(C)o1. The van der Waals surface area contributed by atoms with Gasteiger partial charge in [-0.1, -0.05) is 23.2 Å². The number of hydrogen-bond acceptors (Lipinski definition) is 5. The van der Waals surface area contributed by atoms with Gasteiger partial charge >= 0.3 is 0 Å². The number of anilines is 1. The molecule has 2 aromatic rings. The summed E-state index contributed by atoms with van der Waals surface area (Å²) in [6.07, 6.45) is 1.55. The monoisotopic (exact) mass is 276 g/mol. The number of nitrogens with zero attached hydrogens (tertiary/aromatic N) is 1. The molecule has 0 spiro atoms. The van der Waals surface area contributed by atoms with Crippen molar-refractivity contribution in [3.63, 3.8) is 0 Å². The van der Waals surface area contributed by atoms with E-state index in [4.69, 9.17) is 9.52 Å². The fourth-order valence-electron chi connectivity index (χ4n) is 1.54. The number of rotatable bonds is 2. The maximum atomic E-state index is 12.0. The number of nitrogens with one attached hydrogen (secondary N) is 1. The van der Waals surface area contributed by atoms with Crippen LogP contribution in [0.25, 0.3) is 0 Å². The number of furan rings is 1. The number of amides is 1. The minimum atomic E-state index is -0.259. The molecule has 0 radical (unpaired) electrons. The molecule has 6 heteroatoms. The average Bonchev–Trinajstić information content (AvgIpc) is 2.93. The predicted molar refractivity (Wildman–Crippen MR) is 72.2 cm³/mol. The largest absolute Gasteiger partial charge is 0.466 e. The summed E-state index contributed by atoms with van der Waals surface area (Å²) < 4.78 is 5.30. The van der Waals surface area contributed by atoms with Crippen LogP contribution in [0.3, 0.4) is 0 Å². The number of carbonyl (C=O) groups excluding carboxylic acids is 1. The summed E-state index contributed by atoms with van der Waals surface area (Å²) in [7, 11) is 0. The fourth-order valence-corrected chi connectivity index (χ4v) is 2.22. The Morgan fingerprint density at radius 3 is 3.00 bits per heavy atom. The fraction of sp³-hybridized carbons (Fsp3) is 0.231. The van der Waals surface area contributed by atoms with Gasteiger partial charge in [0.1, 0.15) is 18.1 Å². The normalized spacial score (nSPS) is 9.84. The van der Waals surface area contributed by atoms with E-state index in [1.165, 1.54) is 11.3 Å². The maximum Gasteiger partial charge on any atom is 0.260 e. The summed E-state index contributed by atoms with van der Waals surface area (Å²) in [6.45, 7) is 3.32. The molecule has 0 saturated heterocycles. The second kappa shape index (κ2) is 5.69. The van der Waals surface area contributed by atoms with E-state index >= 15 is 0 Å². The number of carbonyl (C=O) groups is 1. The number of aryl methyl sites for hydroxylation is 2. The zero-order valence-electron chi connectivity index (χ0n) is 10.5. The van der Waals surface area contributed by atoms with Crippen molar-refractivity contribution < 1.29 is 14.3 Å². The Morgan fingerprint density at radius 1 is 1.58 bits per heavy atom.